The summed E-state index contributed by atoms with van der Waals surface area (Å²) in [6.07, 6.45) is 0. The summed E-state index contributed by atoms with van der Waals surface area (Å²) in [6.45, 7) is 0.755. The van der Waals surface area contributed by atoms with Crippen LogP contribution >= 0.6 is 11.6 Å². The third-order valence-electron chi connectivity index (χ3n) is 4.01. The summed E-state index contributed by atoms with van der Waals surface area (Å²) in [5.74, 6) is 1.50. The van der Waals surface area contributed by atoms with Crippen LogP contribution in [0.2, 0.25) is 5.02 Å². The largest absolute Gasteiger partial charge is 0.496 e. The van der Waals surface area contributed by atoms with Crippen molar-refractivity contribution in [1.29, 1.82) is 0 Å². The van der Waals surface area contributed by atoms with E-state index in [0.29, 0.717) is 5.02 Å². The number of ether oxygens (including phenoxy) is 2. The summed E-state index contributed by atoms with van der Waals surface area (Å²) >= 11 is 6.19. The van der Waals surface area contributed by atoms with Crippen molar-refractivity contribution >= 4 is 22.5 Å². The van der Waals surface area contributed by atoms with Crippen LogP contribution in [0.15, 0.2) is 42.5 Å². The van der Waals surface area contributed by atoms with Gasteiger partial charge in [0.1, 0.15) is 17.0 Å². The summed E-state index contributed by atoms with van der Waals surface area (Å²) in [5, 5.41) is 1.62. The zero-order valence-corrected chi connectivity index (χ0v) is 15.6. The van der Waals surface area contributed by atoms with E-state index < -0.39 is 0 Å². The van der Waals surface area contributed by atoms with Gasteiger partial charge >= 0.3 is 0 Å². The Bertz CT molecular complexity index is 910. The molecule has 0 bridgehead atoms. The minimum Gasteiger partial charge on any atom is -0.496 e. The van der Waals surface area contributed by atoms with E-state index in [2.05, 4.69) is 11.0 Å². The Hall–Kier alpha value is -2.30. The number of rotatable bonds is 5. The Kier molecular flexibility index (Phi) is 5.11. The van der Waals surface area contributed by atoms with Crippen LogP contribution in [0.3, 0.4) is 0 Å². The van der Waals surface area contributed by atoms with Gasteiger partial charge in [0.2, 0.25) is 0 Å². The maximum absolute atomic E-state index is 6.19. The van der Waals surface area contributed by atoms with E-state index >= 15 is 0 Å². The third kappa shape index (κ3) is 3.55. The van der Waals surface area contributed by atoms with Crippen LogP contribution in [0, 0.1) is 0 Å². The lowest BCUT2D eigenvalue weighted by Gasteiger charge is -2.17. The molecule has 3 rings (SSSR count). The number of halogens is 1. The summed E-state index contributed by atoms with van der Waals surface area (Å²) in [7, 11) is 7.39. The second kappa shape index (κ2) is 7.30. The Morgan fingerprint density at radius 3 is 2.36 bits per heavy atom. The first-order valence-electron chi connectivity index (χ1n) is 7.98. The first-order chi connectivity index (χ1) is 12.0. The second-order valence-corrected chi connectivity index (χ2v) is 6.55. The Morgan fingerprint density at radius 1 is 1.00 bits per heavy atom. The van der Waals surface area contributed by atoms with Gasteiger partial charge in [-0.05, 0) is 50.0 Å². The maximum Gasteiger partial charge on any atom is 0.145 e. The maximum atomic E-state index is 6.19. The van der Waals surface area contributed by atoms with Gasteiger partial charge in [-0.15, -0.1) is 0 Å². The van der Waals surface area contributed by atoms with Gasteiger partial charge in [0.05, 0.1) is 19.9 Å². The SMILES string of the molecule is COc1ccc(OC)c2nc(-c3cccc(Cl)c3)c(CN(C)C)cc12. The Morgan fingerprint density at radius 2 is 1.72 bits per heavy atom. The average Bonchev–Trinajstić information content (AvgIpc) is 2.59. The van der Waals surface area contributed by atoms with Crippen molar-refractivity contribution in [3.8, 4) is 22.8 Å². The first kappa shape index (κ1) is 17.5. The minimum atomic E-state index is 0.688. The summed E-state index contributed by atoms with van der Waals surface area (Å²) in [6, 6.07) is 13.7. The molecule has 0 saturated carbocycles. The number of nitrogens with zero attached hydrogens (tertiary/aromatic N) is 2. The topological polar surface area (TPSA) is 34.6 Å². The number of aromatic nitrogens is 1. The van der Waals surface area contributed by atoms with Crippen molar-refractivity contribution in [2.45, 2.75) is 6.54 Å². The van der Waals surface area contributed by atoms with Gasteiger partial charge in [0, 0.05) is 22.5 Å². The number of benzene rings is 2. The molecule has 0 fully saturated rings. The smallest absolute Gasteiger partial charge is 0.145 e. The predicted molar refractivity (Wildman–Crippen MR) is 103 cm³/mol. The van der Waals surface area contributed by atoms with Crippen LogP contribution in [0.4, 0.5) is 0 Å². The van der Waals surface area contributed by atoms with Crippen molar-refractivity contribution in [1.82, 2.24) is 9.88 Å². The molecule has 130 valence electrons. The summed E-state index contributed by atoms with van der Waals surface area (Å²) < 4.78 is 11.0. The normalized spacial score (nSPS) is 11.1. The lowest BCUT2D eigenvalue weighted by Crippen LogP contribution is -2.12. The van der Waals surface area contributed by atoms with Gasteiger partial charge < -0.3 is 14.4 Å². The van der Waals surface area contributed by atoms with E-state index in [1.165, 1.54) is 0 Å². The fourth-order valence-electron chi connectivity index (χ4n) is 2.94. The number of fused-ring (bicyclic) bond motifs is 1. The highest BCUT2D eigenvalue weighted by Gasteiger charge is 2.16. The van der Waals surface area contributed by atoms with Gasteiger partial charge in [-0.3, -0.25) is 0 Å². The monoisotopic (exact) mass is 356 g/mol. The molecule has 5 heteroatoms. The van der Waals surface area contributed by atoms with E-state index in [1.54, 1.807) is 14.2 Å². The minimum absolute atomic E-state index is 0.688. The highest BCUT2D eigenvalue weighted by atomic mass is 35.5. The van der Waals surface area contributed by atoms with E-state index in [1.807, 2.05) is 50.5 Å². The van der Waals surface area contributed by atoms with Crippen molar-refractivity contribution in [3.63, 3.8) is 0 Å². The summed E-state index contributed by atoms with van der Waals surface area (Å²) in [4.78, 5) is 7.04. The quantitative estimate of drug-likeness (QED) is 0.667. The fourth-order valence-corrected chi connectivity index (χ4v) is 3.13. The molecule has 4 nitrogen and oxygen atoms in total. The van der Waals surface area contributed by atoms with Crippen LogP contribution in [0.5, 0.6) is 11.5 Å². The van der Waals surface area contributed by atoms with Crippen molar-refractivity contribution in [3.05, 3.63) is 53.1 Å². The molecule has 0 N–H and O–H groups in total. The van der Waals surface area contributed by atoms with Crippen molar-refractivity contribution < 1.29 is 9.47 Å². The Labute approximate surface area is 153 Å². The lowest BCUT2D eigenvalue weighted by molar-refractivity contribution is 0.401. The molecule has 0 aliphatic heterocycles. The molecule has 0 unspecified atom stereocenters. The zero-order chi connectivity index (χ0) is 18.0. The third-order valence-corrected chi connectivity index (χ3v) is 4.25. The lowest BCUT2D eigenvalue weighted by atomic mass is 10.0. The van der Waals surface area contributed by atoms with E-state index in [4.69, 9.17) is 26.1 Å². The van der Waals surface area contributed by atoms with Gasteiger partial charge in [0.15, 0.2) is 0 Å². The first-order valence-corrected chi connectivity index (χ1v) is 8.36. The molecule has 0 aliphatic rings. The number of methoxy groups -OCH3 is 2. The second-order valence-electron chi connectivity index (χ2n) is 6.11. The number of hydrogen-bond donors (Lipinski definition) is 0. The molecule has 3 aromatic rings. The van der Waals surface area contributed by atoms with Crippen molar-refractivity contribution in [2.75, 3.05) is 28.3 Å². The predicted octanol–water partition coefficient (Wildman–Crippen LogP) is 4.63. The van der Waals surface area contributed by atoms with Crippen LogP contribution in [-0.4, -0.2) is 38.2 Å². The van der Waals surface area contributed by atoms with Gasteiger partial charge in [-0.2, -0.15) is 0 Å². The van der Waals surface area contributed by atoms with Crippen LogP contribution in [0.25, 0.3) is 22.2 Å². The molecular formula is C20H21ClN2O2. The van der Waals surface area contributed by atoms with Crippen LogP contribution in [0.1, 0.15) is 5.56 Å². The number of pyridine rings is 1. The van der Waals surface area contributed by atoms with E-state index in [-0.39, 0.29) is 0 Å². The molecule has 0 spiro atoms. The van der Waals surface area contributed by atoms with Gasteiger partial charge in [0.25, 0.3) is 0 Å². The molecule has 1 aromatic heterocycles. The van der Waals surface area contributed by atoms with E-state index in [0.717, 1.165) is 45.8 Å². The standard InChI is InChI=1S/C20H21ClN2O2/c1-23(2)12-14-11-16-17(24-3)8-9-18(25-4)20(16)22-19(14)13-6-5-7-15(21)10-13/h5-11H,12H2,1-4H3. The van der Waals surface area contributed by atoms with Crippen molar-refractivity contribution in [2.24, 2.45) is 0 Å². The molecule has 0 atom stereocenters. The van der Waals surface area contributed by atoms with Crippen LogP contribution < -0.4 is 9.47 Å². The van der Waals surface area contributed by atoms with Crippen LogP contribution in [-0.2, 0) is 6.54 Å². The Balaban J connectivity index is 2.33. The van der Waals surface area contributed by atoms with E-state index in [9.17, 15) is 0 Å². The average molecular weight is 357 g/mol. The molecule has 0 saturated heterocycles. The van der Waals surface area contributed by atoms with Gasteiger partial charge in [-0.25, -0.2) is 4.98 Å². The number of hydrogen-bond acceptors (Lipinski definition) is 4. The summed E-state index contributed by atoms with van der Waals surface area (Å²) in [5.41, 5.74) is 3.76. The molecular weight excluding hydrogens is 336 g/mol. The molecule has 1 heterocycles. The molecule has 0 aliphatic carbocycles. The van der Waals surface area contributed by atoms with Gasteiger partial charge in [-0.1, -0.05) is 23.7 Å². The fraction of sp³-hybridized carbons (Fsp3) is 0.250. The zero-order valence-electron chi connectivity index (χ0n) is 14.8. The molecule has 2 aromatic carbocycles. The molecule has 25 heavy (non-hydrogen) atoms. The molecule has 0 radical (unpaired) electrons. The molecule has 0 amide bonds. The highest BCUT2D eigenvalue weighted by Crippen LogP contribution is 2.36. The highest BCUT2D eigenvalue weighted by molar-refractivity contribution is 6.30.